The summed E-state index contributed by atoms with van der Waals surface area (Å²) < 4.78 is 0. The molecule has 0 aliphatic heterocycles. The molecule has 0 aliphatic carbocycles. The molecule has 7 heteroatoms. The molecule has 0 saturated carbocycles. The van der Waals surface area contributed by atoms with Gasteiger partial charge in [-0.25, -0.2) is 15.0 Å². The Hall–Kier alpha value is -4.39. The van der Waals surface area contributed by atoms with E-state index in [1.165, 1.54) is 0 Å². The summed E-state index contributed by atoms with van der Waals surface area (Å²) in [6.45, 7) is 2.03. The van der Waals surface area contributed by atoms with Crippen molar-refractivity contribution >= 4 is 11.6 Å². The maximum atomic E-state index is 4.65. The van der Waals surface area contributed by atoms with E-state index in [1.807, 2.05) is 73.7 Å². The molecule has 3 aromatic heterocycles. The molecule has 150 valence electrons. The zero-order valence-electron chi connectivity index (χ0n) is 16.8. The van der Waals surface area contributed by atoms with Gasteiger partial charge in [-0.15, -0.1) is 0 Å². The predicted octanol–water partition coefficient (Wildman–Crippen LogP) is 5.04. The number of nitrogens with zero attached hydrogens (tertiary/aromatic N) is 5. The number of rotatable bonds is 5. The van der Waals surface area contributed by atoms with Gasteiger partial charge in [0.25, 0.3) is 0 Å². The molecule has 0 spiro atoms. The van der Waals surface area contributed by atoms with E-state index in [1.54, 1.807) is 18.6 Å². The van der Waals surface area contributed by atoms with Crippen LogP contribution in [0.1, 0.15) is 5.56 Å². The number of H-pyrrole nitrogens is 1. The molecule has 3 heterocycles. The number of nitrogens with one attached hydrogen (secondary N) is 2. The molecular weight excluding hydrogens is 386 g/mol. The number of benzene rings is 2. The minimum absolute atomic E-state index is 0.515. The van der Waals surface area contributed by atoms with Gasteiger partial charge in [-0.05, 0) is 36.8 Å². The minimum Gasteiger partial charge on any atom is -0.324 e. The molecule has 0 fully saturated rings. The fraction of sp³-hybridized carbons (Fsp3) is 0.0417. The average Bonchev–Trinajstić information content (AvgIpc) is 3.32. The fourth-order valence-corrected chi connectivity index (χ4v) is 3.23. The molecule has 2 aromatic carbocycles. The number of aromatic nitrogens is 6. The van der Waals surface area contributed by atoms with E-state index in [0.717, 1.165) is 39.5 Å². The van der Waals surface area contributed by atoms with E-state index < -0.39 is 0 Å². The van der Waals surface area contributed by atoms with Crippen molar-refractivity contribution < 1.29 is 0 Å². The Bertz CT molecular complexity index is 1310. The number of pyridine rings is 1. The third-order valence-corrected chi connectivity index (χ3v) is 4.89. The third kappa shape index (κ3) is 4.02. The smallest absolute Gasteiger partial charge is 0.227 e. The van der Waals surface area contributed by atoms with E-state index in [9.17, 15) is 0 Å². The van der Waals surface area contributed by atoms with E-state index in [4.69, 9.17) is 0 Å². The molecule has 0 radical (unpaired) electrons. The Morgan fingerprint density at radius 1 is 0.806 bits per heavy atom. The first-order chi connectivity index (χ1) is 15.3. The normalized spacial score (nSPS) is 10.7. The Labute approximate surface area is 179 Å². The third-order valence-electron chi connectivity index (χ3n) is 4.89. The minimum atomic E-state index is 0.515. The van der Waals surface area contributed by atoms with Crippen LogP contribution in [0.5, 0.6) is 0 Å². The number of hydrogen-bond donors (Lipinski definition) is 2. The van der Waals surface area contributed by atoms with Crippen LogP contribution in [0.15, 0.2) is 85.3 Å². The SMILES string of the molecule is Cc1ccc(-c2n[nH]c(-c3ccccc3)n2)cc1Nc1nccc(-c2cccnc2)n1. The highest BCUT2D eigenvalue weighted by molar-refractivity contribution is 5.70. The summed E-state index contributed by atoms with van der Waals surface area (Å²) in [4.78, 5) is 17.8. The lowest BCUT2D eigenvalue weighted by molar-refractivity contribution is 1.10. The number of anilines is 2. The topological polar surface area (TPSA) is 92.3 Å². The molecule has 0 unspecified atom stereocenters. The molecular formula is C24H19N7. The monoisotopic (exact) mass is 405 g/mol. The van der Waals surface area contributed by atoms with Crippen molar-refractivity contribution in [2.45, 2.75) is 6.92 Å². The van der Waals surface area contributed by atoms with Crippen LogP contribution in [-0.2, 0) is 0 Å². The summed E-state index contributed by atoms with van der Waals surface area (Å²) in [6, 6.07) is 21.7. The van der Waals surface area contributed by atoms with Crippen molar-refractivity contribution in [3.8, 4) is 34.0 Å². The van der Waals surface area contributed by atoms with E-state index in [2.05, 4.69) is 35.5 Å². The molecule has 5 aromatic rings. The summed E-state index contributed by atoms with van der Waals surface area (Å²) in [6.07, 6.45) is 5.26. The zero-order valence-corrected chi connectivity index (χ0v) is 16.8. The first-order valence-electron chi connectivity index (χ1n) is 9.85. The summed E-state index contributed by atoms with van der Waals surface area (Å²) in [5.41, 5.74) is 5.60. The number of hydrogen-bond acceptors (Lipinski definition) is 6. The van der Waals surface area contributed by atoms with Gasteiger partial charge >= 0.3 is 0 Å². The van der Waals surface area contributed by atoms with Crippen LogP contribution in [0.2, 0.25) is 0 Å². The Morgan fingerprint density at radius 3 is 2.52 bits per heavy atom. The van der Waals surface area contributed by atoms with Crippen LogP contribution in [0, 0.1) is 6.92 Å². The van der Waals surface area contributed by atoms with Crippen molar-refractivity contribution in [2.24, 2.45) is 0 Å². The lowest BCUT2D eigenvalue weighted by Crippen LogP contribution is -2.00. The summed E-state index contributed by atoms with van der Waals surface area (Å²) in [7, 11) is 0. The highest BCUT2D eigenvalue weighted by atomic mass is 15.2. The molecule has 5 rings (SSSR count). The summed E-state index contributed by atoms with van der Waals surface area (Å²) in [5.74, 6) is 1.88. The van der Waals surface area contributed by atoms with E-state index in [-0.39, 0.29) is 0 Å². The van der Waals surface area contributed by atoms with Crippen LogP contribution >= 0.6 is 0 Å². The lowest BCUT2D eigenvalue weighted by atomic mass is 10.1. The zero-order chi connectivity index (χ0) is 21.0. The van der Waals surface area contributed by atoms with Crippen LogP contribution in [-0.4, -0.2) is 30.1 Å². The summed E-state index contributed by atoms with van der Waals surface area (Å²) in [5, 5.41) is 10.7. The van der Waals surface area contributed by atoms with Crippen LogP contribution in [0.3, 0.4) is 0 Å². The van der Waals surface area contributed by atoms with Crippen molar-refractivity contribution in [3.63, 3.8) is 0 Å². The van der Waals surface area contributed by atoms with Crippen LogP contribution in [0.25, 0.3) is 34.0 Å². The average molecular weight is 405 g/mol. The van der Waals surface area contributed by atoms with Gasteiger partial charge in [0.2, 0.25) is 5.95 Å². The van der Waals surface area contributed by atoms with Gasteiger partial charge < -0.3 is 5.32 Å². The molecule has 0 saturated heterocycles. The molecule has 2 N–H and O–H groups in total. The maximum Gasteiger partial charge on any atom is 0.227 e. The van der Waals surface area contributed by atoms with Gasteiger partial charge in [0.1, 0.15) is 0 Å². The second-order valence-corrected chi connectivity index (χ2v) is 7.04. The molecule has 7 nitrogen and oxygen atoms in total. The predicted molar refractivity (Wildman–Crippen MR) is 121 cm³/mol. The first-order valence-corrected chi connectivity index (χ1v) is 9.85. The van der Waals surface area contributed by atoms with Gasteiger partial charge in [0.15, 0.2) is 11.6 Å². The Balaban J connectivity index is 1.43. The van der Waals surface area contributed by atoms with Crippen molar-refractivity contribution in [2.75, 3.05) is 5.32 Å². The second-order valence-electron chi connectivity index (χ2n) is 7.04. The number of aromatic amines is 1. The standard InChI is InChI=1S/C24H19N7/c1-16-9-10-18(23-29-22(30-31-23)17-6-3-2-4-7-17)14-21(16)28-24-26-13-11-20(27-24)19-8-5-12-25-15-19/h2-15H,1H3,(H,26,27,28)(H,29,30,31). The lowest BCUT2D eigenvalue weighted by Gasteiger charge is -2.10. The van der Waals surface area contributed by atoms with Gasteiger partial charge in [-0.1, -0.05) is 42.5 Å². The van der Waals surface area contributed by atoms with Gasteiger partial charge in [-0.3, -0.25) is 10.1 Å². The molecule has 0 aliphatic rings. The molecule has 0 amide bonds. The van der Waals surface area contributed by atoms with Crippen molar-refractivity contribution in [1.82, 2.24) is 30.1 Å². The Morgan fingerprint density at radius 2 is 1.68 bits per heavy atom. The molecule has 31 heavy (non-hydrogen) atoms. The first kappa shape index (κ1) is 18.6. The highest BCUT2D eigenvalue weighted by Crippen LogP contribution is 2.27. The van der Waals surface area contributed by atoms with Gasteiger partial charge in [0.05, 0.1) is 5.69 Å². The quantitative estimate of drug-likeness (QED) is 0.425. The van der Waals surface area contributed by atoms with E-state index in [0.29, 0.717) is 11.8 Å². The van der Waals surface area contributed by atoms with Gasteiger partial charge in [-0.2, -0.15) is 5.10 Å². The summed E-state index contributed by atoms with van der Waals surface area (Å²) >= 11 is 0. The van der Waals surface area contributed by atoms with Gasteiger partial charge in [0, 0.05) is 41.0 Å². The van der Waals surface area contributed by atoms with E-state index >= 15 is 0 Å². The fourth-order valence-electron chi connectivity index (χ4n) is 3.23. The van der Waals surface area contributed by atoms with Crippen LogP contribution in [0.4, 0.5) is 11.6 Å². The van der Waals surface area contributed by atoms with Crippen LogP contribution < -0.4 is 5.32 Å². The number of aryl methyl sites for hydroxylation is 1. The second kappa shape index (κ2) is 8.16. The van der Waals surface area contributed by atoms with Crippen molar-refractivity contribution in [1.29, 1.82) is 0 Å². The maximum absolute atomic E-state index is 4.65. The van der Waals surface area contributed by atoms with Crippen molar-refractivity contribution in [3.05, 3.63) is 90.9 Å². The molecule has 0 atom stereocenters. The molecule has 0 bridgehead atoms. The largest absolute Gasteiger partial charge is 0.324 e. The Kier molecular flexibility index (Phi) is 4.90. The highest BCUT2D eigenvalue weighted by Gasteiger charge is 2.11.